The molecular weight excluding hydrogens is 404 g/mol. The monoisotopic (exact) mass is 438 g/mol. The summed E-state index contributed by atoms with van der Waals surface area (Å²) in [5.41, 5.74) is 2.23. The quantitative estimate of drug-likeness (QED) is 0.537. The molecule has 3 rings (SSSR count). The van der Waals surface area contributed by atoms with Crippen molar-refractivity contribution in [2.45, 2.75) is 75.9 Å². The summed E-state index contributed by atoms with van der Waals surface area (Å²) in [6.07, 6.45) is 6.27. The van der Waals surface area contributed by atoms with E-state index in [0.717, 1.165) is 28.9 Å². The standard InChI is InChI=1S/C26H34N2O2S/c1-3-24(26(30)27-22-14-6-4-7-15-22)28(18-21-13-11-10-12-20(21)2)25(29)19-31-23-16-8-5-9-17-23/h5,8-13,16-17,22,24H,3-4,6-7,14-15,18-19H2,1-2H3,(H,27,30)/t24-/m1/s1. The lowest BCUT2D eigenvalue weighted by molar-refractivity contribution is -0.139. The van der Waals surface area contributed by atoms with Crippen LogP contribution in [0.3, 0.4) is 0 Å². The number of amides is 2. The number of nitrogens with zero attached hydrogens (tertiary/aromatic N) is 1. The van der Waals surface area contributed by atoms with Gasteiger partial charge in [-0.2, -0.15) is 0 Å². The average molecular weight is 439 g/mol. The van der Waals surface area contributed by atoms with Crippen LogP contribution in [0.1, 0.15) is 56.6 Å². The van der Waals surface area contributed by atoms with Crippen LogP contribution in [0, 0.1) is 6.92 Å². The van der Waals surface area contributed by atoms with E-state index in [1.807, 2.05) is 55.5 Å². The number of carbonyl (C=O) groups is 2. The Morgan fingerprint density at radius 3 is 2.39 bits per heavy atom. The van der Waals surface area contributed by atoms with Gasteiger partial charge in [0.2, 0.25) is 11.8 Å². The first-order valence-corrected chi connectivity index (χ1v) is 12.4. The van der Waals surface area contributed by atoms with Crippen molar-refractivity contribution in [1.82, 2.24) is 10.2 Å². The van der Waals surface area contributed by atoms with Crippen LogP contribution in [0.4, 0.5) is 0 Å². The van der Waals surface area contributed by atoms with Crippen molar-refractivity contribution in [1.29, 1.82) is 0 Å². The minimum Gasteiger partial charge on any atom is -0.352 e. The summed E-state index contributed by atoms with van der Waals surface area (Å²) in [5.74, 6) is 0.312. The molecule has 5 heteroatoms. The summed E-state index contributed by atoms with van der Waals surface area (Å²) >= 11 is 1.52. The van der Waals surface area contributed by atoms with Gasteiger partial charge < -0.3 is 10.2 Å². The maximum atomic E-state index is 13.4. The molecule has 1 fully saturated rings. The molecular formula is C26H34N2O2S. The van der Waals surface area contributed by atoms with Gasteiger partial charge in [-0.15, -0.1) is 11.8 Å². The van der Waals surface area contributed by atoms with Gasteiger partial charge in [-0.1, -0.05) is 68.7 Å². The highest BCUT2D eigenvalue weighted by Gasteiger charge is 2.30. The van der Waals surface area contributed by atoms with E-state index in [4.69, 9.17) is 0 Å². The van der Waals surface area contributed by atoms with E-state index in [-0.39, 0.29) is 17.9 Å². The molecule has 0 bridgehead atoms. The molecule has 0 spiro atoms. The van der Waals surface area contributed by atoms with E-state index >= 15 is 0 Å². The van der Waals surface area contributed by atoms with Crippen LogP contribution in [-0.2, 0) is 16.1 Å². The SMILES string of the molecule is CC[C@H](C(=O)NC1CCCCC1)N(Cc1ccccc1C)C(=O)CSc1ccccc1. The van der Waals surface area contributed by atoms with Gasteiger partial charge in [0.1, 0.15) is 6.04 Å². The van der Waals surface area contributed by atoms with E-state index in [9.17, 15) is 9.59 Å². The number of hydrogen-bond donors (Lipinski definition) is 1. The van der Waals surface area contributed by atoms with Crippen LogP contribution in [-0.4, -0.2) is 34.6 Å². The highest BCUT2D eigenvalue weighted by atomic mass is 32.2. The second-order valence-corrected chi connectivity index (χ2v) is 9.37. The highest BCUT2D eigenvalue weighted by Crippen LogP contribution is 2.22. The number of rotatable bonds is 9. The van der Waals surface area contributed by atoms with Gasteiger partial charge in [0.15, 0.2) is 0 Å². The molecule has 2 aromatic carbocycles. The van der Waals surface area contributed by atoms with E-state index in [0.29, 0.717) is 18.7 Å². The molecule has 31 heavy (non-hydrogen) atoms. The fraction of sp³-hybridized carbons (Fsp3) is 0.462. The van der Waals surface area contributed by atoms with Crippen LogP contribution in [0.5, 0.6) is 0 Å². The first-order valence-electron chi connectivity index (χ1n) is 11.4. The lowest BCUT2D eigenvalue weighted by Gasteiger charge is -2.33. The molecule has 0 aromatic heterocycles. The van der Waals surface area contributed by atoms with Gasteiger partial charge >= 0.3 is 0 Å². The van der Waals surface area contributed by atoms with Crippen LogP contribution < -0.4 is 5.32 Å². The topological polar surface area (TPSA) is 49.4 Å². The van der Waals surface area contributed by atoms with Crippen molar-refractivity contribution in [2.75, 3.05) is 5.75 Å². The second-order valence-electron chi connectivity index (χ2n) is 8.32. The zero-order valence-electron chi connectivity index (χ0n) is 18.7. The predicted molar refractivity (Wildman–Crippen MR) is 128 cm³/mol. The molecule has 1 saturated carbocycles. The van der Waals surface area contributed by atoms with E-state index in [1.165, 1.54) is 31.0 Å². The maximum absolute atomic E-state index is 13.4. The Bertz CT molecular complexity index is 849. The van der Waals surface area contributed by atoms with Crippen molar-refractivity contribution in [3.8, 4) is 0 Å². The average Bonchev–Trinajstić information content (AvgIpc) is 2.80. The van der Waals surface area contributed by atoms with Crippen LogP contribution in [0.15, 0.2) is 59.5 Å². The number of benzene rings is 2. The van der Waals surface area contributed by atoms with E-state index in [2.05, 4.69) is 18.3 Å². The van der Waals surface area contributed by atoms with Crippen molar-refractivity contribution in [3.63, 3.8) is 0 Å². The van der Waals surface area contributed by atoms with Gasteiger partial charge in [0.25, 0.3) is 0 Å². The molecule has 2 amide bonds. The first kappa shape index (κ1) is 23.4. The smallest absolute Gasteiger partial charge is 0.243 e. The zero-order chi connectivity index (χ0) is 22.1. The van der Waals surface area contributed by atoms with E-state index in [1.54, 1.807) is 4.90 Å². The molecule has 0 aliphatic heterocycles. The zero-order valence-corrected chi connectivity index (χ0v) is 19.5. The minimum atomic E-state index is -0.453. The number of carbonyl (C=O) groups excluding carboxylic acids is 2. The van der Waals surface area contributed by atoms with Crippen molar-refractivity contribution in [2.24, 2.45) is 0 Å². The Morgan fingerprint density at radius 1 is 1.03 bits per heavy atom. The fourth-order valence-corrected chi connectivity index (χ4v) is 4.99. The van der Waals surface area contributed by atoms with Crippen LogP contribution in [0.2, 0.25) is 0 Å². The Kier molecular flexibility index (Phi) is 9.01. The molecule has 1 aliphatic carbocycles. The summed E-state index contributed by atoms with van der Waals surface area (Å²) < 4.78 is 0. The van der Waals surface area contributed by atoms with Crippen LogP contribution in [0.25, 0.3) is 0 Å². The molecule has 0 radical (unpaired) electrons. The molecule has 2 aromatic rings. The molecule has 4 nitrogen and oxygen atoms in total. The van der Waals surface area contributed by atoms with Gasteiger partial charge in [0.05, 0.1) is 5.75 Å². The summed E-state index contributed by atoms with van der Waals surface area (Å²) in [5, 5.41) is 3.24. The summed E-state index contributed by atoms with van der Waals surface area (Å²) in [6.45, 7) is 4.50. The Morgan fingerprint density at radius 2 is 1.71 bits per heavy atom. The first-order chi connectivity index (χ1) is 15.1. The summed E-state index contributed by atoms with van der Waals surface area (Å²) in [6, 6.07) is 17.8. The predicted octanol–water partition coefficient (Wildman–Crippen LogP) is 5.34. The third kappa shape index (κ3) is 6.86. The van der Waals surface area contributed by atoms with Crippen molar-refractivity contribution in [3.05, 3.63) is 65.7 Å². The maximum Gasteiger partial charge on any atom is 0.243 e. The molecule has 1 N–H and O–H groups in total. The van der Waals surface area contributed by atoms with Gasteiger partial charge in [-0.3, -0.25) is 9.59 Å². The van der Waals surface area contributed by atoms with Gasteiger partial charge in [-0.05, 0) is 49.4 Å². The summed E-state index contributed by atoms with van der Waals surface area (Å²) in [7, 11) is 0. The second kappa shape index (κ2) is 11.9. The highest BCUT2D eigenvalue weighted by molar-refractivity contribution is 8.00. The van der Waals surface area contributed by atoms with Crippen molar-refractivity contribution >= 4 is 23.6 Å². The minimum absolute atomic E-state index is 0.00255. The number of nitrogens with one attached hydrogen (secondary N) is 1. The van der Waals surface area contributed by atoms with Crippen LogP contribution >= 0.6 is 11.8 Å². The van der Waals surface area contributed by atoms with Crippen molar-refractivity contribution < 1.29 is 9.59 Å². The lowest BCUT2D eigenvalue weighted by Crippen LogP contribution is -2.52. The Hall–Kier alpha value is -2.27. The lowest BCUT2D eigenvalue weighted by atomic mass is 9.95. The number of aryl methyl sites for hydroxylation is 1. The normalized spacial score (nSPS) is 15.3. The molecule has 1 atom stereocenters. The Balaban J connectivity index is 1.75. The molecule has 166 valence electrons. The molecule has 1 aliphatic rings. The molecule has 0 heterocycles. The van der Waals surface area contributed by atoms with Gasteiger partial charge in [-0.25, -0.2) is 0 Å². The Labute approximate surface area is 190 Å². The molecule has 0 unspecified atom stereocenters. The number of hydrogen-bond acceptors (Lipinski definition) is 3. The number of thioether (sulfide) groups is 1. The largest absolute Gasteiger partial charge is 0.352 e. The third-order valence-corrected chi connectivity index (χ3v) is 7.04. The molecule has 0 saturated heterocycles. The third-order valence-electron chi connectivity index (χ3n) is 6.04. The van der Waals surface area contributed by atoms with E-state index < -0.39 is 6.04 Å². The fourth-order valence-electron chi connectivity index (χ4n) is 4.18. The van der Waals surface area contributed by atoms with Gasteiger partial charge in [0, 0.05) is 17.5 Å². The summed E-state index contributed by atoms with van der Waals surface area (Å²) in [4.78, 5) is 29.4.